The summed E-state index contributed by atoms with van der Waals surface area (Å²) in [5.74, 6) is 1.07. The molecule has 2 N–H and O–H groups in total. The number of nitrogens with one attached hydrogen (secondary N) is 2. The molecule has 0 bridgehead atoms. The molecular formula is C20H25N5O. The number of hydrogen-bond donors (Lipinski definition) is 2. The topological polar surface area (TPSA) is 79.8 Å². The van der Waals surface area contributed by atoms with Crippen LogP contribution in [-0.2, 0) is 6.54 Å². The fourth-order valence-electron chi connectivity index (χ4n) is 3.03. The molecule has 0 saturated carbocycles. The lowest BCUT2D eigenvalue weighted by molar-refractivity contribution is 0.0945. The molecule has 1 aliphatic rings. The zero-order valence-corrected chi connectivity index (χ0v) is 15.2. The summed E-state index contributed by atoms with van der Waals surface area (Å²) >= 11 is 0. The highest BCUT2D eigenvalue weighted by Crippen LogP contribution is 2.20. The molecule has 1 amide bonds. The van der Waals surface area contributed by atoms with E-state index in [0.717, 1.165) is 18.5 Å². The molecule has 6 heteroatoms. The van der Waals surface area contributed by atoms with Crippen molar-refractivity contribution >= 4 is 11.7 Å². The summed E-state index contributed by atoms with van der Waals surface area (Å²) in [6.45, 7) is 3.04. The summed E-state index contributed by atoms with van der Waals surface area (Å²) in [5.41, 5.74) is 2.84. The van der Waals surface area contributed by atoms with Crippen molar-refractivity contribution in [3.63, 3.8) is 0 Å². The number of rotatable bonds is 7. The van der Waals surface area contributed by atoms with E-state index < -0.39 is 0 Å². The number of aryl methyl sites for hydroxylation is 1. The number of carbonyl (C=O) groups is 1. The first kappa shape index (κ1) is 18.0. The van der Waals surface area contributed by atoms with E-state index in [1.807, 2.05) is 12.1 Å². The third-order valence-electron chi connectivity index (χ3n) is 4.38. The molecule has 2 heterocycles. The lowest BCUT2D eigenvalue weighted by Crippen LogP contribution is -2.24. The minimum Gasteiger partial charge on any atom is -0.370 e. The molecule has 0 radical (unpaired) electrons. The third kappa shape index (κ3) is 5.37. The number of pyridine rings is 1. The highest BCUT2D eigenvalue weighted by Gasteiger charge is 2.11. The Kier molecular flexibility index (Phi) is 6.30. The summed E-state index contributed by atoms with van der Waals surface area (Å²) in [7, 11) is 0. The van der Waals surface area contributed by atoms with Crippen molar-refractivity contribution in [2.24, 2.45) is 0 Å². The van der Waals surface area contributed by atoms with E-state index in [4.69, 9.17) is 0 Å². The molecular weight excluding hydrogens is 326 g/mol. The van der Waals surface area contributed by atoms with E-state index in [0.29, 0.717) is 23.9 Å². The van der Waals surface area contributed by atoms with Crippen molar-refractivity contribution in [2.45, 2.75) is 45.6 Å². The Bertz CT molecular complexity index is 773. The maximum atomic E-state index is 12.4. The van der Waals surface area contributed by atoms with Crippen molar-refractivity contribution in [3.05, 3.63) is 59.3 Å². The highest BCUT2D eigenvalue weighted by molar-refractivity contribution is 5.92. The van der Waals surface area contributed by atoms with Crippen molar-refractivity contribution in [1.82, 2.24) is 20.3 Å². The van der Waals surface area contributed by atoms with Crippen molar-refractivity contribution < 1.29 is 4.79 Å². The molecule has 1 aliphatic carbocycles. The SMILES string of the molecule is Cc1nc(NCCC2=CCCCC2)cc(C(=O)NCc2cccnc2)n1. The Hall–Kier alpha value is -2.76. The number of hydrogen-bond acceptors (Lipinski definition) is 5. The highest BCUT2D eigenvalue weighted by atomic mass is 16.1. The van der Waals surface area contributed by atoms with Crippen LogP contribution in [0.1, 0.15) is 54.0 Å². The summed E-state index contributed by atoms with van der Waals surface area (Å²) in [6.07, 6.45) is 11.8. The number of aromatic nitrogens is 3. The lowest BCUT2D eigenvalue weighted by atomic mass is 9.97. The van der Waals surface area contributed by atoms with Gasteiger partial charge in [0.25, 0.3) is 5.91 Å². The molecule has 3 rings (SSSR count). The van der Waals surface area contributed by atoms with Gasteiger partial charge in [0, 0.05) is 31.5 Å². The molecule has 2 aromatic rings. The van der Waals surface area contributed by atoms with Crippen molar-refractivity contribution in [3.8, 4) is 0 Å². The molecule has 0 aromatic carbocycles. The van der Waals surface area contributed by atoms with E-state index in [1.54, 1.807) is 25.4 Å². The molecule has 0 atom stereocenters. The van der Waals surface area contributed by atoms with Gasteiger partial charge in [-0.15, -0.1) is 0 Å². The Labute approximate surface area is 154 Å². The predicted molar refractivity (Wildman–Crippen MR) is 102 cm³/mol. The van der Waals surface area contributed by atoms with E-state index in [1.165, 1.54) is 31.3 Å². The quantitative estimate of drug-likeness (QED) is 0.747. The third-order valence-corrected chi connectivity index (χ3v) is 4.38. The fourth-order valence-corrected chi connectivity index (χ4v) is 3.03. The van der Waals surface area contributed by atoms with Gasteiger partial charge >= 0.3 is 0 Å². The van der Waals surface area contributed by atoms with Gasteiger partial charge in [-0.1, -0.05) is 17.7 Å². The van der Waals surface area contributed by atoms with Gasteiger partial charge in [0.15, 0.2) is 0 Å². The average Bonchev–Trinajstić information content (AvgIpc) is 2.67. The Morgan fingerprint density at radius 2 is 2.19 bits per heavy atom. The molecule has 0 saturated heterocycles. The zero-order chi connectivity index (χ0) is 18.2. The molecule has 136 valence electrons. The van der Waals surface area contributed by atoms with E-state index in [2.05, 4.69) is 31.7 Å². The van der Waals surface area contributed by atoms with Gasteiger partial charge in [-0.3, -0.25) is 9.78 Å². The van der Waals surface area contributed by atoms with Gasteiger partial charge < -0.3 is 10.6 Å². The second-order valence-corrected chi connectivity index (χ2v) is 6.51. The largest absolute Gasteiger partial charge is 0.370 e. The molecule has 6 nitrogen and oxygen atoms in total. The maximum absolute atomic E-state index is 12.4. The van der Waals surface area contributed by atoms with Gasteiger partial charge in [-0.25, -0.2) is 9.97 Å². The molecule has 26 heavy (non-hydrogen) atoms. The number of amides is 1. The van der Waals surface area contributed by atoms with Gasteiger partial charge in [0.05, 0.1) is 0 Å². The number of anilines is 1. The first-order valence-corrected chi connectivity index (χ1v) is 9.15. The first-order chi connectivity index (χ1) is 12.7. The maximum Gasteiger partial charge on any atom is 0.270 e. The van der Waals surface area contributed by atoms with Gasteiger partial charge in [-0.2, -0.15) is 0 Å². The molecule has 0 aliphatic heterocycles. The molecule has 0 fully saturated rings. The van der Waals surface area contributed by atoms with Crippen LogP contribution < -0.4 is 10.6 Å². The number of allylic oxidation sites excluding steroid dienone is 1. The number of carbonyl (C=O) groups excluding carboxylic acids is 1. The number of nitrogens with zero attached hydrogens (tertiary/aromatic N) is 3. The second kappa shape index (κ2) is 9.08. The predicted octanol–water partition coefficient (Wildman–Crippen LogP) is 3.41. The van der Waals surface area contributed by atoms with Crippen LogP contribution >= 0.6 is 0 Å². The van der Waals surface area contributed by atoms with Crippen LogP contribution in [0.25, 0.3) is 0 Å². The monoisotopic (exact) mass is 351 g/mol. The normalized spacial score (nSPS) is 13.8. The molecule has 2 aromatic heterocycles. The van der Waals surface area contributed by atoms with Crippen molar-refractivity contribution in [2.75, 3.05) is 11.9 Å². The van der Waals surface area contributed by atoms with Crippen LogP contribution in [-0.4, -0.2) is 27.4 Å². The summed E-state index contributed by atoms with van der Waals surface area (Å²) in [4.78, 5) is 25.1. The summed E-state index contributed by atoms with van der Waals surface area (Å²) in [6, 6.07) is 5.48. The van der Waals surface area contributed by atoms with E-state index in [9.17, 15) is 4.79 Å². The van der Waals surface area contributed by atoms with Crippen LogP contribution in [0.2, 0.25) is 0 Å². The summed E-state index contributed by atoms with van der Waals surface area (Å²) in [5, 5.41) is 6.19. The van der Waals surface area contributed by atoms with Crippen LogP contribution in [0.3, 0.4) is 0 Å². The first-order valence-electron chi connectivity index (χ1n) is 9.15. The Balaban J connectivity index is 1.56. The smallest absolute Gasteiger partial charge is 0.270 e. The zero-order valence-electron chi connectivity index (χ0n) is 15.2. The molecule has 0 spiro atoms. The second-order valence-electron chi connectivity index (χ2n) is 6.51. The van der Waals surface area contributed by atoms with Crippen molar-refractivity contribution in [1.29, 1.82) is 0 Å². The lowest BCUT2D eigenvalue weighted by Gasteiger charge is -2.13. The fraction of sp³-hybridized carbons (Fsp3) is 0.400. The average molecular weight is 351 g/mol. The van der Waals surface area contributed by atoms with Crippen LogP contribution in [0, 0.1) is 6.92 Å². The van der Waals surface area contributed by atoms with Crippen LogP contribution in [0.4, 0.5) is 5.82 Å². The van der Waals surface area contributed by atoms with E-state index >= 15 is 0 Å². The van der Waals surface area contributed by atoms with Crippen LogP contribution in [0.15, 0.2) is 42.2 Å². The molecule has 0 unspecified atom stereocenters. The van der Waals surface area contributed by atoms with Gasteiger partial charge in [-0.05, 0) is 50.7 Å². The van der Waals surface area contributed by atoms with Gasteiger partial charge in [0.2, 0.25) is 0 Å². The Morgan fingerprint density at radius 3 is 2.96 bits per heavy atom. The van der Waals surface area contributed by atoms with Gasteiger partial charge in [0.1, 0.15) is 17.3 Å². The summed E-state index contributed by atoms with van der Waals surface area (Å²) < 4.78 is 0. The Morgan fingerprint density at radius 1 is 1.27 bits per heavy atom. The standard InChI is InChI=1S/C20H25N5O/c1-15-24-18(20(26)23-14-17-8-5-10-21-13-17)12-19(25-15)22-11-9-16-6-3-2-4-7-16/h5-6,8,10,12-13H,2-4,7,9,11,14H2,1H3,(H,23,26)(H,22,24,25). The minimum absolute atomic E-state index is 0.211. The minimum atomic E-state index is -0.211. The van der Waals surface area contributed by atoms with Crippen LogP contribution in [0.5, 0.6) is 0 Å². The van der Waals surface area contributed by atoms with E-state index in [-0.39, 0.29) is 5.91 Å².